The van der Waals surface area contributed by atoms with Gasteiger partial charge in [-0.05, 0) is 5.92 Å². The number of hydrogen-bond donors (Lipinski definition) is 1. The van der Waals surface area contributed by atoms with E-state index in [9.17, 15) is 18.3 Å². The summed E-state index contributed by atoms with van der Waals surface area (Å²) in [6.45, 7) is 3.88. The van der Waals surface area contributed by atoms with Gasteiger partial charge in [-0.15, -0.1) is 0 Å². The summed E-state index contributed by atoms with van der Waals surface area (Å²) in [4.78, 5) is 10.9. The average Bonchev–Trinajstić information content (AvgIpc) is 2.43. The first-order chi connectivity index (χ1) is 7.30. The second kappa shape index (κ2) is 5.14. The molecule has 0 aromatic rings. The molecule has 0 aliphatic carbocycles. The van der Waals surface area contributed by atoms with Gasteiger partial charge in [-0.1, -0.05) is 13.8 Å². The van der Waals surface area contributed by atoms with Crippen LogP contribution in [0.4, 0.5) is 0 Å². The van der Waals surface area contributed by atoms with Crippen molar-refractivity contribution in [3.05, 3.63) is 0 Å². The molecule has 0 bridgehead atoms. The summed E-state index contributed by atoms with van der Waals surface area (Å²) in [6.07, 6.45) is 1.06. The molecule has 1 fully saturated rings. The number of sulfone groups is 1. The van der Waals surface area contributed by atoms with Crippen LogP contribution in [0.15, 0.2) is 0 Å². The fourth-order valence-electron chi connectivity index (χ4n) is 2.07. The molecule has 0 radical (unpaired) electrons. The molecule has 0 aromatic carbocycles. The number of nitrogens with two attached hydrogens (primary N) is 1. The minimum atomic E-state index is -2.94. The molecular formula is C10H19NO4S. The van der Waals surface area contributed by atoms with Crippen LogP contribution in [0.5, 0.6) is 0 Å². The van der Waals surface area contributed by atoms with Gasteiger partial charge in [0.05, 0.1) is 11.7 Å². The quantitative estimate of drug-likeness (QED) is 0.604. The Hall–Kier alpha value is -0.620. The van der Waals surface area contributed by atoms with Gasteiger partial charge in [-0.3, -0.25) is 0 Å². The predicted molar refractivity (Wildman–Crippen MR) is 57.2 cm³/mol. The van der Waals surface area contributed by atoms with Crippen LogP contribution in [0.25, 0.3) is 0 Å². The lowest BCUT2D eigenvalue weighted by atomic mass is 10.0. The van der Waals surface area contributed by atoms with Crippen LogP contribution in [0, 0.1) is 5.92 Å². The van der Waals surface area contributed by atoms with E-state index in [0.717, 1.165) is 0 Å². The average molecular weight is 249 g/mol. The van der Waals surface area contributed by atoms with E-state index in [1.807, 2.05) is 13.8 Å². The third-order valence-corrected chi connectivity index (χ3v) is 4.59. The Labute approximate surface area is 96.1 Å². The molecule has 0 spiro atoms. The van der Waals surface area contributed by atoms with E-state index in [1.54, 1.807) is 5.32 Å². The molecule has 0 unspecified atom stereocenters. The van der Waals surface area contributed by atoms with Gasteiger partial charge in [-0.2, -0.15) is 0 Å². The van der Waals surface area contributed by atoms with Crippen molar-refractivity contribution in [1.29, 1.82) is 0 Å². The maximum Gasteiger partial charge on any atom is 0.156 e. The number of carboxylic acid groups (broad SMARTS) is 1. The Balaban J connectivity index is 2.53. The third kappa shape index (κ3) is 4.09. The lowest BCUT2D eigenvalue weighted by Gasteiger charge is -2.21. The van der Waals surface area contributed by atoms with Gasteiger partial charge >= 0.3 is 0 Å². The smallest absolute Gasteiger partial charge is 0.156 e. The van der Waals surface area contributed by atoms with Gasteiger partial charge < -0.3 is 15.2 Å². The highest BCUT2D eigenvalue weighted by Gasteiger charge is 2.32. The number of carbonyl (C=O) groups excluding carboxylic acids is 1. The highest BCUT2D eigenvalue weighted by atomic mass is 32.2. The van der Waals surface area contributed by atoms with Crippen LogP contribution < -0.4 is 10.4 Å². The second-order valence-corrected chi connectivity index (χ2v) is 7.14. The fraction of sp³-hybridized carbons (Fsp3) is 0.900. The van der Waals surface area contributed by atoms with Gasteiger partial charge in [0.15, 0.2) is 9.84 Å². The summed E-state index contributed by atoms with van der Waals surface area (Å²) >= 11 is 0. The van der Waals surface area contributed by atoms with E-state index >= 15 is 0 Å². The Morgan fingerprint density at radius 3 is 2.50 bits per heavy atom. The van der Waals surface area contributed by atoms with E-state index in [1.165, 1.54) is 0 Å². The molecule has 1 aliphatic rings. The van der Waals surface area contributed by atoms with E-state index in [0.29, 0.717) is 12.8 Å². The Bertz CT molecular complexity index is 350. The lowest BCUT2D eigenvalue weighted by Crippen LogP contribution is -2.98. The van der Waals surface area contributed by atoms with Crippen LogP contribution in [0.2, 0.25) is 0 Å². The molecule has 5 nitrogen and oxygen atoms in total. The molecule has 94 valence electrons. The molecule has 2 N–H and O–H groups in total. The fourth-order valence-corrected chi connectivity index (χ4v) is 3.82. The summed E-state index contributed by atoms with van der Waals surface area (Å²) in [6, 6.07) is -0.745. The monoisotopic (exact) mass is 249 g/mol. The first-order valence-corrected chi connectivity index (χ1v) is 7.38. The third-order valence-electron chi connectivity index (χ3n) is 2.80. The molecule has 1 saturated heterocycles. The van der Waals surface area contributed by atoms with Crippen molar-refractivity contribution >= 4 is 15.8 Å². The van der Waals surface area contributed by atoms with E-state index < -0.39 is 21.8 Å². The summed E-state index contributed by atoms with van der Waals surface area (Å²) < 4.78 is 22.5. The summed E-state index contributed by atoms with van der Waals surface area (Å²) in [7, 11) is -2.94. The molecule has 2 atom stereocenters. The maximum absolute atomic E-state index is 11.2. The Morgan fingerprint density at radius 2 is 2.12 bits per heavy atom. The zero-order chi connectivity index (χ0) is 12.3. The minimum absolute atomic E-state index is 0.0921. The standard InChI is InChI=1S/C10H19NO4S/c1-7(2)5-9(10(12)13)11-8-3-4-16(14,15)6-8/h7-9,11H,3-6H2,1-2H3,(H,12,13)/t8-,9-/m1/s1. The number of carbonyl (C=O) groups is 1. The van der Waals surface area contributed by atoms with Crippen molar-refractivity contribution < 1.29 is 23.6 Å². The minimum Gasteiger partial charge on any atom is -0.544 e. The number of rotatable bonds is 5. The van der Waals surface area contributed by atoms with Gasteiger partial charge in [0.1, 0.15) is 17.8 Å². The van der Waals surface area contributed by atoms with E-state index in [-0.39, 0.29) is 23.5 Å². The second-order valence-electron chi connectivity index (χ2n) is 4.91. The highest BCUT2D eigenvalue weighted by molar-refractivity contribution is 7.91. The van der Waals surface area contributed by atoms with E-state index in [4.69, 9.17) is 0 Å². The zero-order valence-corrected chi connectivity index (χ0v) is 10.5. The zero-order valence-electron chi connectivity index (χ0n) is 9.68. The number of aliphatic carboxylic acids is 1. The van der Waals surface area contributed by atoms with Gasteiger partial charge in [0, 0.05) is 12.8 Å². The predicted octanol–water partition coefficient (Wildman–Crippen LogP) is -2.10. The first-order valence-electron chi connectivity index (χ1n) is 5.56. The molecule has 0 aromatic heterocycles. The van der Waals surface area contributed by atoms with Crippen molar-refractivity contribution in [3.8, 4) is 0 Å². The van der Waals surface area contributed by atoms with Crippen LogP contribution >= 0.6 is 0 Å². The normalized spacial score (nSPS) is 25.8. The molecule has 1 rings (SSSR count). The highest BCUT2D eigenvalue weighted by Crippen LogP contribution is 2.09. The molecule has 16 heavy (non-hydrogen) atoms. The maximum atomic E-state index is 11.2. The topological polar surface area (TPSA) is 90.9 Å². The molecule has 1 aliphatic heterocycles. The largest absolute Gasteiger partial charge is 0.544 e. The van der Waals surface area contributed by atoms with Crippen LogP contribution in [-0.2, 0) is 14.6 Å². The summed E-state index contributed by atoms with van der Waals surface area (Å²) in [5.41, 5.74) is 0. The molecule has 6 heteroatoms. The Kier molecular flexibility index (Phi) is 4.32. The number of hydrogen-bond acceptors (Lipinski definition) is 4. The SMILES string of the molecule is CC(C)C[C@@H]([NH2+][C@@H]1CCS(=O)(=O)C1)C(=O)[O-]. The number of quaternary nitrogens is 1. The molecular weight excluding hydrogens is 230 g/mol. The van der Waals surface area contributed by atoms with Gasteiger partial charge in [0.25, 0.3) is 0 Å². The Morgan fingerprint density at radius 1 is 1.50 bits per heavy atom. The van der Waals surface area contributed by atoms with Crippen molar-refractivity contribution in [2.75, 3.05) is 11.5 Å². The van der Waals surface area contributed by atoms with Crippen molar-refractivity contribution in [3.63, 3.8) is 0 Å². The van der Waals surface area contributed by atoms with Crippen LogP contribution in [0.3, 0.4) is 0 Å². The molecule has 0 saturated carbocycles. The summed E-state index contributed by atoms with van der Waals surface area (Å²) in [5.74, 6) is -0.569. The summed E-state index contributed by atoms with van der Waals surface area (Å²) in [5, 5.41) is 12.5. The van der Waals surface area contributed by atoms with Crippen LogP contribution in [0.1, 0.15) is 26.7 Å². The first kappa shape index (κ1) is 13.4. The van der Waals surface area contributed by atoms with Gasteiger partial charge in [-0.25, -0.2) is 8.42 Å². The number of carboxylic acids is 1. The molecule has 0 amide bonds. The molecule has 1 heterocycles. The van der Waals surface area contributed by atoms with Crippen molar-refractivity contribution in [1.82, 2.24) is 0 Å². The van der Waals surface area contributed by atoms with E-state index in [2.05, 4.69) is 0 Å². The van der Waals surface area contributed by atoms with Crippen molar-refractivity contribution in [2.24, 2.45) is 5.92 Å². The van der Waals surface area contributed by atoms with Gasteiger partial charge in [0.2, 0.25) is 0 Å². The lowest BCUT2D eigenvalue weighted by molar-refractivity contribution is -0.711. The van der Waals surface area contributed by atoms with Crippen LogP contribution in [-0.4, -0.2) is 38.0 Å². The van der Waals surface area contributed by atoms with Crippen molar-refractivity contribution in [2.45, 2.75) is 38.8 Å².